The van der Waals surface area contributed by atoms with Crippen LogP contribution in [0.1, 0.15) is 12.8 Å². The summed E-state index contributed by atoms with van der Waals surface area (Å²) in [6.07, 6.45) is 1.86. The second-order valence-corrected chi connectivity index (χ2v) is 9.15. The van der Waals surface area contributed by atoms with Crippen LogP contribution < -0.4 is 15.6 Å². The minimum absolute atomic E-state index is 0.0224. The number of benzene rings is 3. The molecule has 4 aromatic rings. The third-order valence-corrected chi connectivity index (χ3v) is 6.68. The van der Waals surface area contributed by atoms with Gasteiger partial charge in [-0.05, 0) is 49.2 Å². The van der Waals surface area contributed by atoms with Gasteiger partial charge in [-0.25, -0.2) is 4.98 Å². The first-order valence-corrected chi connectivity index (χ1v) is 12.5. The molecule has 1 unspecified atom stereocenters. The van der Waals surface area contributed by atoms with Crippen molar-refractivity contribution in [1.29, 1.82) is 0 Å². The number of ether oxygens (including phenoxy) is 2. The Balaban J connectivity index is 1.33. The van der Waals surface area contributed by atoms with Crippen molar-refractivity contribution in [3.8, 4) is 11.5 Å². The number of hydrogen-bond donors (Lipinski definition) is 1. The van der Waals surface area contributed by atoms with Gasteiger partial charge in [0.2, 0.25) is 5.91 Å². The molecule has 0 radical (unpaired) electrons. The Morgan fingerprint density at radius 2 is 1.83 bits per heavy atom. The summed E-state index contributed by atoms with van der Waals surface area (Å²) in [6.45, 7) is 1.13. The van der Waals surface area contributed by atoms with E-state index in [2.05, 4.69) is 5.32 Å². The summed E-state index contributed by atoms with van der Waals surface area (Å²) in [5.74, 6) is 1.11. The van der Waals surface area contributed by atoms with Crippen molar-refractivity contribution in [3.05, 3.63) is 89.2 Å². The molecular weight excluding hydrogens is 462 g/mol. The fourth-order valence-electron chi connectivity index (χ4n) is 4.00. The quantitative estimate of drug-likeness (QED) is 0.275. The first-order valence-electron chi connectivity index (χ1n) is 11.5. The number of nitrogens with zero attached hydrogens (tertiary/aromatic N) is 2. The van der Waals surface area contributed by atoms with Gasteiger partial charge in [0.15, 0.2) is 10.9 Å². The highest BCUT2D eigenvalue weighted by molar-refractivity contribution is 7.99. The van der Waals surface area contributed by atoms with Crippen molar-refractivity contribution in [1.82, 2.24) is 9.55 Å². The summed E-state index contributed by atoms with van der Waals surface area (Å²) in [4.78, 5) is 30.8. The average molecular weight is 488 g/mol. The van der Waals surface area contributed by atoms with Crippen LogP contribution in [0.2, 0.25) is 0 Å². The van der Waals surface area contributed by atoms with E-state index < -0.39 is 0 Å². The van der Waals surface area contributed by atoms with Gasteiger partial charge in [0.25, 0.3) is 5.56 Å². The lowest BCUT2D eigenvalue weighted by atomic mass is 10.2. The molecule has 35 heavy (non-hydrogen) atoms. The first-order chi connectivity index (χ1) is 17.2. The van der Waals surface area contributed by atoms with Crippen molar-refractivity contribution in [2.45, 2.75) is 30.6 Å². The zero-order valence-corrected chi connectivity index (χ0v) is 19.9. The Hall–Kier alpha value is -3.62. The van der Waals surface area contributed by atoms with Crippen molar-refractivity contribution < 1.29 is 14.3 Å². The molecule has 1 aromatic heterocycles. The van der Waals surface area contributed by atoms with E-state index in [0.29, 0.717) is 46.4 Å². The number of para-hydroxylation sites is 4. The van der Waals surface area contributed by atoms with Gasteiger partial charge in [-0.15, -0.1) is 0 Å². The third kappa shape index (κ3) is 5.55. The molecule has 1 N–H and O–H groups in total. The van der Waals surface area contributed by atoms with Gasteiger partial charge in [-0.1, -0.05) is 54.2 Å². The summed E-state index contributed by atoms with van der Waals surface area (Å²) in [5.41, 5.74) is 1.08. The smallest absolute Gasteiger partial charge is 0.262 e. The molecule has 0 aliphatic carbocycles. The van der Waals surface area contributed by atoms with Crippen molar-refractivity contribution in [3.63, 3.8) is 0 Å². The molecule has 3 aromatic carbocycles. The predicted octanol–water partition coefficient (Wildman–Crippen LogP) is 5.10. The summed E-state index contributed by atoms with van der Waals surface area (Å²) in [6, 6.07) is 24.0. The van der Waals surface area contributed by atoms with Gasteiger partial charge in [0.1, 0.15) is 5.75 Å². The van der Waals surface area contributed by atoms with Crippen molar-refractivity contribution in [2.75, 3.05) is 17.7 Å². The second-order valence-electron chi connectivity index (χ2n) is 8.21. The van der Waals surface area contributed by atoms with E-state index in [9.17, 15) is 9.59 Å². The van der Waals surface area contributed by atoms with Crippen molar-refractivity contribution >= 4 is 34.3 Å². The Kier molecular flexibility index (Phi) is 7.11. The highest BCUT2D eigenvalue weighted by Crippen LogP contribution is 2.29. The summed E-state index contributed by atoms with van der Waals surface area (Å²) >= 11 is 1.24. The number of nitrogens with one attached hydrogen (secondary N) is 1. The fourth-order valence-corrected chi connectivity index (χ4v) is 4.81. The zero-order chi connectivity index (χ0) is 24.0. The molecule has 1 amide bonds. The average Bonchev–Trinajstić information content (AvgIpc) is 3.40. The van der Waals surface area contributed by atoms with Gasteiger partial charge in [0.05, 0.1) is 35.0 Å². The summed E-state index contributed by atoms with van der Waals surface area (Å²) in [5, 5.41) is 3.99. The number of carbonyl (C=O) groups is 1. The van der Waals surface area contributed by atoms with E-state index >= 15 is 0 Å². The Morgan fingerprint density at radius 3 is 2.66 bits per heavy atom. The molecule has 8 heteroatoms. The SMILES string of the molecule is O=C(CSc1nc2ccccc2c(=O)n1CC1CCCO1)Nc1ccccc1Oc1ccccc1. The molecule has 7 nitrogen and oxygen atoms in total. The van der Waals surface area contributed by atoms with E-state index in [4.69, 9.17) is 14.5 Å². The maximum Gasteiger partial charge on any atom is 0.262 e. The Labute approximate surface area is 207 Å². The molecule has 1 fully saturated rings. The van der Waals surface area contributed by atoms with Gasteiger partial charge in [0, 0.05) is 6.61 Å². The number of rotatable bonds is 8. The van der Waals surface area contributed by atoms with Crippen LogP contribution in [-0.2, 0) is 16.1 Å². The third-order valence-electron chi connectivity index (χ3n) is 5.70. The largest absolute Gasteiger partial charge is 0.455 e. The fraction of sp³-hybridized carbons (Fsp3) is 0.222. The number of anilines is 1. The van der Waals surface area contributed by atoms with Crippen LogP contribution in [0.4, 0.5) is 5.69 Å². The standard InChI is InChI=1S/C27H25N3O4S/c31-25(28-23-14-6-7-15-24(23)34-19-9-2-1-3-10-19)18-35-27-29-22-13-5-4-12-21(22)26(32)30(27)17-20-11-8-16-33-20/h1-7,9-10,12-15,20H,8,11,16-18H2,(H,28,31). The predicted molar refractivity (Wildman–Crippen MR) is 137 cm³/mol. The van der Waals surface area contributed by atoms with E-state index in [1.54, 1.807) is 22.8 Å². The molecule has 0 saturated carbocycles. The molecule has 0 bridgehead atoms. The molecule has 1 aliphatic heterocycles. The van der Waals surface area contributed by atoms with E-state index in [1.165, 1.54) is 11.8 Å². The topological polar surface area (TPSA) is 82.5 Å². The Morgan fingerprint density at radius 1 is 1.06 bits per heavy atom. The molecule has 5 rings (SSSR count). The lowest BCUT2D eigenvalue weighted by Gasteiger charge is -2.16. The number of fused-ring (bicyclic) bond motifs is 1. The van der Waals surface area contributed by atoms with Crippen LogP contribution >= 0.6 is 11.8 Å². The van der Waals surface area contributed by atoms with Crippen molar-refractivity contribution in [2.24, 2.45) is 0 Å². The number of amides is 1. The second kappa shape index (κ2) is 10.8. The molecule has 1 saturated heterocycles. The minimum Gasteiger partial charge on any atom is -0.455 e. The number of carbonyl (C=O) groups excluding carboxylic acids is 1. The molecule has 1 atom stereocenters. The Bertz CT molecular complexity index is 1380. The van der Waals surface area contributed by atoms with E-state index in [-0.39, 0.29) is 23.3 Å². The van der Waals surface area contributed by atoms with E-state index in [0.717, 1.165) is 12.8 Å². The lowest BCUT2D eigenvalue weighted by molar-refractivity contribution is -0.113. The highest BCUT2D eigenvalue weighted by Gasteiger charge is 2.21. The number of aromatic nitrogens is 2. The van der Waals surface area contributed by atoms with E-state index in [1.807, 2.05) is 60.7 Å². The normalized spacial score (nSPS) is 15.3. The number of thioether (sulfide) groups is 1. The molecule has 1 aliphatic rings. The zero-order valence-electron chi connectivity index (χ0n) is 19.1. The van der Waals surface area contributed by atoms with Gasteiger partial charge < -0.3 is 14.8 Å². The van der Waals surface area contributed by atoms with Crippen LogP contribution in [0.5, 0.6) is 11.5 Å². The molecule has 0 spiro atoms. The molecule has 2 heterocycles. The van der Waals surface area contributed by atoms with Gasteiger partial charge in [-0.2, -0.15) is 0 Å². The van der Waals surface area contributed by atoms with Gasteiger partial charge >= 0.3 is 0 Å². The molecular formula is C27H25N3O4S. The van der Waals surface area contributed by atoms with Crippen LogP contribution in [0.25, 0.3) is 10.9 Å². The summed E-state index contributed by atoms with van der Waals surface area (Å²) in [7, 11) is 0. The monoisotopic (exact) mass is 487 g/mol. The van der Waals surface area contributed by atoms with Crippen LogP contribution in [0.3, 0.4) is 0 Å². The van der Waals surface area contributed by atoms with Crippen LogP contribution in [0.15, 0.2) is 88.8 Å². The van der Waals surface area contributed by atoms with Crippen LogP contribution in [-0.4, -0.2) is 33.9 Å². The lowest BCUT2D eigenvalue weighted by Crippen LogP contribution is -2.29. The minimum atomic E-state index is -0.217. The molecule has 178 valence electrons. The first kappa shape index (κ1) is 23.1. The maximum absolute atomic E-state index is 13.2. The summed E-state index contributed by atoms with van der Waals surface area (Å²) < 4.78 is 13.3. The van der Waals surface area contributed by atoms with Gasteiger partial charge in [-0.3, -0.25) is 14.2 Å². The van der Waals surface area contributed by atoms with Crippen LogP contribution in [0, 0.1) is 0 Å². The number of hydrogen-bond acceptors (Lipinski definition) is 6. The highest BCUT2D eigenvalue weighted by atomic mass is 32.2. The maximum atomic E-state index is 13.2.